The summed E-state index contributed by atoms with van der Waals surface area (Å²) in [6, 6.07) is 16.3. The van der Waals surface area contributed by atoms with Crippen LogP contribution in [0, 0.1) is 12.8 Å². The summed E-state index contributed by atoms with van der Waals surface area (Å²) in [6.45, 7) is 7.44. The van der Waals surface area contributed by atoms with Crippen LogP contribution in [0.4, 0.5) is 5.69 Å². The lowest BCUT2D eigenvalue weighted by atomic mass is 9.83. The number of aryl methyl sites for hydroxylation is 1. The van der Waals surface area contributed by atoms with Crippen molar-refractivity contribution in [3.8, 4) is 0 Å². The minimum absolute atomic E-state index is 0.0336. The van der Waals surface area contributed by atoms with E-state index < -0.39 is 0 Å². The Morgan fingerprint density at radius 3 is 2.66 bits per heavy atom. The number of fused-ring (bicyclic) bond motifs is 1. The lowest BCUT2D eigenvalue weighted by molar-refractivity contribution is -0.131. The monoisotopic (exact) mass is 552 g/mol. The van der Waals surface area contributed by atoms with E-state index in [-0.39, 0.29) is 23.8 Å². The molecule has 2 saturated heterocycles. The maximum atomic E-state index is 13.2. The highest BCUT2D eigenvalue weighted by Crippen LogP contribution is 2.43. The van der Waals surface area contributed by atoms with Crippen LogP contribution in [-0.2, 0) is 9.59 Å². The predicted octanol–water partition coefficient (Wildman–Crippen LogP) is 4.67. The number of halogens is 1. The molecule has 0 radical (unpaired) electrons. The number of hydrogen-bond donors (Lipinski definition) is 1. The molecule has 1 aliphatic carbocycles. The van der Waals surface area contributed by atoms with E-state index in [1.54, 1.807) is 11.8 Å². The van der Waals surface area contributed by atoms with E-state index in [9.17, 15) is 9.59 Å². The van der Waals surface area contributed by atoms with Gasteiger partial charge < -0.3 is 15.1 Å². The van der Waals surface area contributed by atoms with Crippen LogP contribution in [-0.4, -0.2) is 79.2 Å². The highest BCUT2D eigenvalue weighted by Gasteiger charge is 2.42. The van der Waals surface area contributed by atoms with Gasteiger partial charge in [-0.05, 0) is 61.6 Å². The van der Waals surface area contributed by atoms with E-state index in [4.69, 9.17) is 11.6 Å². The Morgan fingerprint density at radius 1 is 1.11 bits per heavy atom. The second-order valence-electron chi connectivity index (χ2n) is 10.6. The number of amides is 2. The van der Waals surface area contributed by atoms with Crippen molar-refractivity contribution >= 4 is 46.9 Å². The fourth-order valence-corrected chi connectivity index (χ4v) is 7.46. The van der Waals surface area contributed by atoms with Crippen molar-refractivity contribution in [1.82, 2.24) is 15.1 Å². The molecule has 2 aliphatic heterocycles. The molecular formula is C30H37ClN4O2S. The van der Waals surface area contributed by atoms with Gasteiger partial charge in [-0.25, -0.2) is 0 Å². The number of benzene rings is 2. The number of hydrogen-bond acceptors (Lipinski definition) is 5. The van der Waals surface area contributed by atoms with Crippen LogP contribution < -0.4 is 10.2 Å². The molecule has 2 aromatic carbocycles. The number of nitrogens with zero attached hydrogens (tertiary/aromatic N) is 3. The summed E-state index contributed by atoms with van der Waals surface area (Å²) < 4.78 is 0. The Labute approximate surface area is 235 Å². The Kier molecular flexibility index (Phi) is 8.66. The Bertz CT molecular complexity index is 1200. The number of carbonyl (C=O) groups is 2. The number of rotatable bonds is 6. The van der Waals surface area contributed by atoms with Crippen molar-refractivity contribution in [2.45, 2.75) is 37.5 Å². The first-order valence-electron chi connectivity index (χ1n) is 13.6. The topological polar surface area (TPSA) is 55.9 Å². The van der Waals surface area contributed by atoms with Crippen LogP contribution in [0.15, 0.2) is 53.4 Å². The molecule has 0 spiro atoms. The highest BCUT2D eigenvalue weighted by molar-refractivity contribution is 8.04. The summed E-state index contributed by atoms with van der Waals surface area (Å²) in [4.78, 5) is 33.7. The molecule has 8 heteroatoms. The van der Waals surface area contributed by atoms with Gasteiger partial charge in [0.25, 0.3) is 5.91 Å². The van der Waals surface area contributed by atoms with Crippen LogP contribution >= 0.6 is 23.4 Å². The lowest BCUT2D eigenvalue weighted by Gasteiger charge is -2.44. The van der Waals surface area contributed by atoms with E-state index in [1.165, 1.54) is 11.3 Å². The second-order valence-corrected chi connectivity index (χ2v) is 12.3. The number of carbonyl (C=O) groups excluding carboxylic acids is 2. The largest absolute Gasteiger partial charge is 0.369 e. The molecule has 0 aromatic heterocycles. The summed E-state index contributed by atoms with van der Waals surface area (Å²) in [7, 11) is 1.90. The van der Waals surface area contributed by atoms with Crippen molar-refractivity contribution in [2.75, 3.05) is 51.2 Å². The third-order valence-electron chi connectivity index (χ3n) is 8.18. The molecule has 6 nitrogen and oxygen atoms in total. The van der Waals surface area contributed by atoms with Gasteiger partial charge in [-0.15, -0.1) is 11.8 Å². The fourth-order valence-electron chi connectivity index (χ4n) is 5.81. The number of anilines is 1. The standard InChI is InChI=1S/C30H37ClN4O2S/c1-21-6-3-4-7-22(21)19-28-30(37)33(2)26-18-23(10-11-27(26)38-28)29(36)32-12-13-34-14-16-35(17-15-34)25-9-5-8-24(31)20-25/h3-9,19-20,23,26-27H,10-18H2,1-2H3,(H,32,36)/b28-19-. The number of piperazine rings is 1. The number of likely N-dealkylation sites (N-methyl/N-ethyl adjacent to an activating group) is 1. The van der Waals surface area contributed by atoms with Crippen molar-refractivity contribution in [3.63, 3.8) is 0 Å². The third-order valence-corrected chi connectivity index (χ3v) is 9.81. The molecule has 5 rings (SSSR count). The molecule has 3 atom stereocenters. The van der Waals surface area contributed by atoms with Gasteiger partial charge >= 0.3 is 0 Å². The van der Waals surface area contributed by atoms with Crippen molar-refractivity contribution < 1.29 is 9.59 Å². The molecular weight excluding hydrogens is 516 g/mol. The molecule has 202 valence electrons. The van der Waals surface area contributed by atoms with Crippen LogP contribution in [0.5, 0.6) is 0 Å². The second kappa shape index (κ2) is 12.1. The summed E-state index contributed by atoms with van der Waals surface area (Å²) in [6.07, 6.45) is 4.59. The lowest BCUT2D eigenvalue weighted by Crippen LogP contribution is -2.53. The minimum atomic E-state index is -0.0336. The maximum absolute atomic E-state index is 13.2. The van der Waals surface area contributed by atoms with Crippen LogP contribution in [0.1, 0.15) is 30.4 Å². The molecule has 38 heavy (non-hydrogen) atoms. The Hall–Kier alpha value is -2.48. The van der Waals surface area contributed by atoms with E-state index in [0.29, 0.717) is 11.8 Å². The first-order chi connectivity index (χ1) is 18.4. The fraction of sp³-hybridized carbons (Fsp3) is 0.467. The average Bonchev–Trinajstić information content (AvgIpc) is 2.93. The van der Waals surface area contributed by atoms with Gasteiger partial charge in [0.05, 0.1) is 4.91 Å². The van der Waals surface area contributed by atoms with E-state index in [0.717, 1.165) is 67.5 Å². The third kappa shape index (κ3) is 6.22. The smallest absolute Gasteiger partial charge is 0.260 e. The normalized spacial score (nSPS) is 25.4. The molecule has 1 saturated carbocycles. The van der Waals surface area contributed by atoms with Crippen LogP contribution in [0.2, 0.25) is 5.02 Å². The molecule has 2 amide bonds. The minimum Gasteiger partial charge on any atom is -0.369 e. The van der Waals surface area contributed by atoms with Gasteiger partial charge in [0.1, 0.15) is 0 Å². The van der Waals surface area contributed by atoms with Gasteiger partial charge in [0, 0.05) is 74.2 Å². The molecule has 0 bridgehead atoms. The first-order valence-corrected chi connectivity index (χ1v) is 14.9. The van der Waals surface area contributed by atoms with Crippen molar-refractivity contribution in [1.29, 1.82) is 0 Å². The summed E-state index contributed by atoms with van der Waals surface area (Å²) in [5.41, 5.74) is 3.43. The van der Waals surface area contributed by atoms with Gasteiger partial charge in [0.2, 0.25) is 5.91 Å². The maximum Gasteiger partial charge on any atom is 0.260 e. The summed E-state index contributed by atoms with van der Waals surface area (Å²) in [5, 5.41) is 4.29. The van der Waals surface area contributed by atoms with Crippen LogP contribution in [0.3, 0.4) is 0 Å². The molecule has 2 heterocycles. The van der Waals surface area contributed by atoms with E-state index in [1.807, 2.05) is 48.4 Å². The number of thioether (sulfide) groups is 1. The van der Waals surface area contributed by atoms with Crippen LogP contribution in [0.25, 0.3) is 6.08 Å². The molecule has 2 aromatic rings. The first kappa shape index (κ1) is 27.1. The van der Waals surface area contributed by atoms with Gasteiger partial charge in [0.15, 0.2) is 0 Å². The van der Waals surface area contributed by atoms with E-state index in [2.05, 4.69) is 40.2 Å². The molecule has 3 fully saturated rings. The molecule has 1 N–H and O–H groups in total. The van der Waals surface area contributed by atoms with Crippen molar-refractivity contribution in [3.05, 3.63) is 69.6 Å². The van der Waals surface area contributed by atoms with E-state index >= 15 is 0 Å². The zero-order chi connectivity index (χ0) is 26.6. The average molecular weight is 553 g/mol. The Morgan fingerprint density at radius 2 is 1.89 bits per heavy atom. The number of nitrogens with one attached hydrogen (secondary N) is 1. The molecule has 3 aliphatic rings. The van der Waals surface area contributed by atoms with Crippen molar-refractivity contribution in [2.24, 2.45) is 5.92 Å². The highest BCUT2D eigenvalue weighted by atomic mass is 35.5. The predicted molar refractivity (Wildman–Crippen MR) is 158 cm³/mol. The van der Waals surface area contributed by atoms with Gasteiger partial charge in [-0.2, -0.15) is 0 Å². The SMILES string of the molecule is Cc1ccccc1/C=C1\SC2CCC(C(=O)NCCN3CCN(c4cccc(Cl)c4)CC3)CC2N(C)C1=O. The van der Waals surface area contributed by atoms with Gasteiger partial charge in [-0.1, -0.05) is 41.9 Å². The molecule has 3 unspecified atom stereocenters. The van der Waals surface area contributed by atoms with Gasteiger partial charge in [-0.3, -0.25) is 14.5 Å². The Balaban J connectivity index is 1.08. The quantitative estimate of drug-likeness (QED) is 0.528. The summed E-state index contributed by atoms with van der Waals surface area (Å²) in [5.74, 6) is 0.166. The summed E-state index contributed by atoms with van der Waals surface area (Å²) >= 11 is 7.85. The zero-order valence-corrected chi connectivity index (χ0v) is 23.8. The zero-order valence-electron chi connectivity index (χ0n) is 22.2.